The summed E-state index contributed by atoms with van der Waals surface area (Å²) >= 11 is 5.44. The van der Waals surface area contributed by atoms with Gasteiger partial charge in [0.25, 0.3) is 0 Å². The highest BCUT2D eigenvalue weighted by Crippen LogP contribution is 2.36. The molecule has 1 aliphatic heterocycles. The Hall–Kier alpha value is -2.65. The van der Waals surface area contributed by atoms with Crippen LogP contribution < -0.4 is 5.32 Å². The zero-order valence-electron chi connectivity index (χ0n) is 16.9. The highest BCUT2D eigenvalue weighted by atomic mass is 32.1. The summed E-state index contributed by atoms with van der Waals surface area (Å²) in [5.74, 6) is -0.401. The highest BCUT2D eigenvalue weighted by molar-refractivity contribution is 7.80. The Bertz CT molecular complexity index is 940. The van der Waals surface area contributed by atoms with Crippen LogP contribution in [0.2, 0.25) is 0 Å². The van der Waals surface area contributed by atoms with Crippen LogP contribution in [0.1, 0.15) is 41.3 Å². The maximum Gasteiger partial charge on any atom is 0.416 e. The van der Waals surface area contributed by atoms with Gasteiger partial charge in [0.15, 0.2) is 5.11 Å². The molecule has 31 heavy (non-hydrogen) atoms. The quantitative estimate of drug-likeness (QED) is 0.524. The molecule has 0 atom stereocenters. The number of alkyl halides is 3. The number of carbonyl (C=O) groups is 1. The lowest BCUT2D eigenvalue weighted by molar-refractivity contribution is -0.137. The molecule has 0 spiro atoms. The second-order valence-electron chi connectivity index (χ2n) is 7.33. The Labute approximate surface area is 183 Å². The lowest BCUT2D eigenvalue weighted by Gasteiger charge is -2.39. The number of thiocarbonyl (C=S) groups is 1. The molecule has 166 valence electrons. The normalized spacial score (nSPS) is 16.0. The van der Waals surface area contributed by atoms with E-state index in [9.17, 15) is 23.1 Å². The monoisotopic (exact) mass is 452 g/mol. The topological polar surface area (TPSA) is 61.8 Å². The molecular formula is C22H23F3N2O3S. The fourth-order valence-corrected chi connectivity index (χ4v) is 3.76. The largest absolute Gasteiger partial charge is 0.462 e. The fraction of sp³-hybridized carbons (Fsp3) is 0.364. The number of ether oxygens (including phenoxy) is 1. The molecule has 2 N–H and O–H groups in total. The van der Waals surface area contributed by atoms with Crippen molar-refractivity contribution in [2.75, 3.05) is 25.0 Å². The molecule has 0 aromatic heterocycles. The van der Waals surface area contributed by atoms with Crippen LogP contribution in [0, 0.1) is 0 Å². The number of hydrogen-bond donors (Lipinski definition) is 2. The van der Waals surface area contributed by atoms with E-state index in [1.807, 2.05) is 4.90 Å². The first-order chi connectivity index (χ1) is 14.6. The van der Waals surface area contributed by atoms with Gasteiger partial charge in [-0.3, -0.25) is 0 Å². The van der Waals surface area contributed by atoms with E-state index < -0.39 is 23.3 Å². The van der Waals surface area contributed by atoms with Gasteiger partial charge in [-0.05, 0) is 73.9 Å². The Morgan fingerprint density at radius 3 is 2.42 bits per heavy atom. The minimum atomic E-state index is -4.46. The molecule has 0 bridgehead atoms. The van der Waals surface area contributed by atoms with E-state index in [0.717, 1.165) is 12.1 Å². The summed E-state index contributed by atoms with van der Waals surface area (Å²) in [6.45, 7) is 2.81. The number of aliphatic hydroxyl groups is 1. The molecule has 1 aliphatic rings. The van der Waals surface area contributed by atoms with Gasteiger partial charge in [0, 0.05) is 18.8 Å². The molecule has 1 fully saturated rings. The molecule has 3 rings (SSSR count). The van der Waals surface area contributed by atoms with E-state index in [4.69, 9.17) is 17.0 Å². The zero-order valence-corrected chi connectivity index (χ0v) is 17.7. The molecule has 9 heteroatoms. The minimum absolute atomic E-state index is 0.248. The van der Waals surface area contributed by atoms with Gasteiger partial charge >= 0.3 is 12.1 Å². The third-order valence-electron chi connectivity index (χ3n) is 5.25. The number of nitrogens with one attached hydrogen (secondary N) is 1. The van der Waals surface area contributed by atoms with Crippen LogP contribution in [0.15, 0.2) is 48.5 Å². The molecule has 0 amide bonds. The molecule has 2 aromatic carbocycles. The van der Waals surface area contributed by atoms with Crippen LogP contribution in [0.3, 0.4) is 0 Å². The number of carbonyl (C=O) groups excluding carboxylic acids is 1. The molecule has 0 radical (unpaired) electrons. The molecule has 1 heterocycles. The van der Waals surface area contributed by atoms with Crippen LogP contribution >= 0.6 is 12.2 Å². The fourth-order valence-electron chi connectivity index (χ4n) is 3.46. The van der Waals surface area contributed by atoms with Gasteiger partial charge in [-0.25, -0.2) is 4.79 Å². The van der Waals surface area contributed by atoms with Crippen molar-refractivity contribution in [2.24, 2.45) is 0 Å². The van der Waals surface area contributed by atoms with Gasteiger partial charge in [-0.15, -0.1) is 0 Å². The Morgan fingerprint density at radius 1 is 1.19 bits per heavy atom. The number of benzene rings is 2. The number of piperidine rings is 1. The van der Waals surface area contributed by atoms with Gasteiger partial charge in [0.2, 0.25) is 0 Å². The van der Waals surface area contributed by atoms with Crippen molar-refractivity contribution in [1.29, 1.82) is 0 Å². The van der Waals surface area contributed by atoms with Crippen molar-refractivity contribution in [3.8, 4) is 0 Å². The van der Waals surface area contributed by atoms with Crippen molar-refractivity contribution in [1.82, 2.24) is 4.90 Å². The van der Waals surface area contributed by atoms with E-state index in [0.29, 0.717) is 36.1 Å². The smallest absolute Gasteiger partial charge is 0.416 e. The first-order valence-electron chi connectivity index (χ1n) is 9.85. The SMILES string of the molecule is CCOC(=O)c1ccc(NC(=S)N2CCC(O)(c3cccc(C(F)(F)F)c3)CC2)cc1. The number of anilines is 1. The van der Waals surface area contributed by atoms with Crippen molar-refractivity contribution in [3.05, 3.63) is 65.2 Å². The summed E-state index contributed by atoms with van der Waals surface area (Å²) in [5, 5.41) is 14.5. The standard InChI is InChI=1S/C22H23F3N2O3S/c1-2-30-19(28)15-6-8-18(9-7-15)26-20(31)27-12-10-21(29,11-13-27)16-4-3-5-17(14-16)22(23,24)25/h3-9,14,29H,2,10-13H2,1H3,(H,26,31). The molecule has 5 nitrogen and oxygen atoms in total. The Kier molecular flexibility index (Phi) is 6.86. The number of rotatable bonds is 4. The molecule has 1 saturated heterocycles. The second kappa shape index (κ2) is 9.23. The van der Waals surface area contributed by atoms with Gasteiger partial charge in [-0.2, -0.15) is 13.2 Å². The second-order valence-corrected chi connectivity index (χ2v) is 7.71. The number of hydrogen-bond acceptors (Lipinski definition) is 4. The summed E-state index contributed by atoms with van der Waals surface area (Å²) in [6, 6.07) is 11.5. The zero-order chi connectivity index (χ0) is 22.6. The molecule has 0 aliphatic carbocycles. The molecular weight excluding hydrogens is 429 g/mol. The number of halogens is 3. The first-order valence-corrected chi connectivity index (χ1v) is 10.3. The van der Waals surface area contributed by atoms with Gasteiger partial charge in [-0.1, -0.05) is 12.1 Å². The summed E-state index contributed by atoms with van der Waals surface area (Å²) < 4.78 is 44.0. The van der Waals surface area contributed by atoms with Crippen LogP contribution in [0.25, 0.3) is 0 Å². The van der Waals surface area contributed by atoms with Crippen LogP contribution in [-0.2, 0) is 16.5 Å². The van der Waals surface area contributed by atoms with E-state index in [1.165, 1.54) is 12.1 Å². The van der Waals surface area contributed by atoms with Gasteiger partial charge in [0.1, 0.15) is 0 Å². The van der Waals surface area contributed by atoms with E-state index in [2.05, 4.69) is 5.32 Å². The highest BCUT2D eigenvalue weighted by Gasteiger charge is 2.37. The van der Waals surface area contributed by atoms with Crippen molar-refractivity contribution in [2.45, 2.75) is 31.5 Å². The Balaban J connectivity index is 1.60. The van der Waals surface area contributed by atoms with E-state index >= 15 is 0 Å². The third-order valence-corrected chi connectivity index (χ3v) is 5.61. The number of nitrogens with zero attached hydrogens (tertiary/aromatic N) is 1. The maximum atomic E-state index is 13.0. The first kappa shape index (κ1) is 23.0. The van der Waals surface area contributed by atoms with Crippen LogP contribution in [0.4, 0.5) is 18.9 Å². The minimum Gasteiger partial charge on any atom is -0.462 e. The van der Waals surface area contributed by atoms with E-state index in [1.54, 1.807) is 31.2 Å². The molecule has 2 aromatic rings. The van der Waals surface area contributed by atoms with Crippen molar-refractivity contribution >= 4 is 29.0 Å². The number of esters is 1. The summed E-state index contributed by atoms with van der Waals surface area (Å²) in [6.07, 6.45) is -3.96. The average Bonchev–Trinajstić information content (AvgIpc) is 2.74. The Morgan fingerprint density at radius 2 is 1.84 bits per heavy atom. The van der Waals surface area contributed by atoms with Crippen LogP contribution in [0.5, 0.6) is 0 Å². The summed E-state index contributed by atoms with van der Waals surface area (Å²) in [7, 11) is 0. The van der Waals surface area contributed by atoms with Gasteiger partial charge < -0.3 is 20.1 Å². The van der Waals surface area contributed by atoms with Crippen molar-refractivity contribution in [3.63, 3.8) is 0 Å². The lowest BCUT2D eigenvalue weighted by atomic mass is 9.84. The lowest BCUT2D eigenvalue weighted by Crippen LogP contribution is -2.46. The maximum absolute atomic E-state index is 13.0. The predicted octanol–water partition coefficient (Wildman–Crippen LogP) is 4.56. The summed E-state index contributed by atoms with van der Waals surface area (Å²) in [4.78, 5) is 13.6. The molecule has 0 saturated carbocycles. The summed E-state index contributed by atoms with van der Waals surface area (Å²) in [5.41, 5.74) is -0.729. The third kappa shape index (κ3) is 5.54. The van der Waals surface area contributed by atoms with Gasteiger partial charge in [0.05, 0.1) is 23.3 Å². The predicted molar refractivity (Wildman–Crippen MR) is 115 cm³/mol. The molecule has 0 unspecified atom stereocenters. The number of likely N-dealkylation sites (tertiary alicyclic amines) is 1. The van der Waals surface area contributed by atoms with Crippen LogP contribution in [-0.4, -0.2) is 40.8 Å². The van der Waals surface area contributed by atoms with E-state index in [-0.39, 0.29) is 18.4 Å². The van der Waals surface area contributed by atoms with Crippen molar-refractivity contribution < 1.29 is 27.8 Å². The average molecular weight is 452 g/mol.